The van der Waals surface area contributed by atoms with Crippen molar-refractivity contribution in [2.24, 2.45) is 0 Å². The summed E-state index contributed by atoms with van der Waals surface area (Å²) in [5.74, 6) is 2.27. The maximum absolute atomic E-state index is 13.4. The van der Waals surface area contributed by atoms with Crippen molar-refractivity contribution < 1.29 is 19.0 Å². The molecule has 0 bridgehead atoms. The predicted octanol–water partition coefficient (Wildman–Crippen LogP) is 4.32. The van der Waals surface area contributed by atoms with Gasteiger partial charge in [0.05, 0.1) is 26.9 Å². The third-order valence-corrected chi connectivity index (χ3v) is 6.00. The summed E-state index contributed by atoms with van der Waals surface area (Å²) in [7, 11) is 4.92. The molecule has 0 atom stereocenters. The van der Waals surface area contributed by atoms with E-state index in [9.17, 15) is 4.79 Å². The maximum Gasteiger partial charge on any atom is 0.256 e. The van der Waals surface area contributed by atoms with E-state index in [-0.39, 0.29) is 5.91 Å². The molecular formula is C25H28N2O4. The van der Waals surface area contributed by atoms with Crippen molar-refractivity contribution in [2.75, 3.05) is 27.9 Å². The highest BCUT2D eigenvalue weighted by atomic mass is 16.5. The number of carbonyl (C=O) groups is 1. The lowest BCUT2D eigenvalue weighted by Gasteiger charge is -2.29. The van der Waals surface area contributed by atoms with Crippen LogP contribution in [0, 0.1) is 13.8 Å². The van der Waals surface area contributed by atoms with E-state index in [4.69, 9.17) is 14.2 Å². The van der Waals surface area contributed by atoms with E-state index in [1.807, 2.05) is 61.2 Å². The van der Waals surface area contributed by atoms with E-state index in [1.54, 1.807) is 21.3 Å². The summed E-state index contributed by atoms with van der Waals surface area (Å²) in [5.41, 5.74) is 6.00. The average Bonchev–Trinajstić information content (AvgIpc) is 3.10. The van der Waals surface area contributed by atoms with Crippen LogP contribution in [-0.2, 0) is 13.0 Å². The number of ether oxygens (including phenoxy) is 3. The quantitative estimate of drug-likeness (QED) is 0.617. The molecule has 0 radical (unpaired) electrons. The second-order valence-corrected chi connectivity index (χ2v) is 7.77. The molecule has 0 saturated carbocycles. The van der Waals surface area contributed by atoms with Gasteiger partial charge < -0.3 is 23.7 Å². The molecule has 0 fully saturated rings. The van der Waals surface area contributed by atoms with E-state index < -0.39 is 0 Å². The Balaban J connectivity index is 1.62. The first-order valence-corrected chi connectivity index (χ1v) is 10.3. The van der Waals surface area contributed by atoms with Gasteiger partial charge in [0.25, 0.3) is 5.91 Å². The van der Waals surface area contributed by atoms with Crippen molar-refractivity contribution >= 4 is 5.91 Å². The number of aryl methyl sites for hydroxylation is 1. The number of amides is 1. The minimum atomic E-state index is 0.0493. The van der Waals surface area contributed by atoms with Gasteiger partial charge in [-0.25, -0.2) is 0 Å². The van der Waals surface area contributed by atoms with E-state index in [0.29, 0.717) is 18.8 Å². The van der Waals surface area contributed by atoms with Gasteiger partial charge in [-0.1, -0.05) is 0 Å². The predicted molar refractivity (Wildman–Crippen MR) is 120 cm³/mol. The number of hydrogen-bond acceptors (Lipinski definition) is 4. The van der Waals surface area contributed by atoms with Crippen LogP contribution in [-0.4, -0.2) is 43.2 Å². The number of hydrogen-bond donors (Lipinski definition) is 0. The van der Waals surface area contributed by atoms with Crippen LogP contribution < -0.4 is 14.2 Å². The average molecular weight is 421 g/mol. The lowest BCUT2D eigenvalue weighted by Crippen LogP contribution is -2.36. The molecule has 6 heteroatoms. The first-order valence-electron chi connectivity index (χ1n) is 10.3. The van der Waals surface area contributed by atoms with Crippen molar-refractivity contribution in [3.05, 3.63) is 70.5 Å². The monoisotopic (exact) mass is 420 g/mol. The number of fused-ring (bicyclic) bond motifs is 1. The molecule has 31 heavy (non-hydrogen) atoms. The molecule has 162 valence electrons. The van der Waals surface area contributed by atoms with Gasteiger partial charge in [-0.15, -0.1) is 0 Å². The highest BCUT2D eigenvalue weighted by molar-refractivity contribution is 5.96. The fourth-order valence-electron chi connectivity index (χ4n) is 4.33. The molecule has 0 N–H and O–H groups in total. The zero-order chi connectivity index (χ0) is 22.1. The molecule has 0 unspecified atom stereocenters. The molecule has 1 aliphatic heterocycles. The fraction of sp³-hybridized carbons (Fsp3) is 0.320. The van der Waals surface area contributed by atoms with Crippen LogP contribution in [0.4, 0.5) is 0 Å². The Bertz CT molecular complexity index is 1120. The molecule has 1 amide bonds. The SMILES string of the molecule is COc1ccc(-n2c(C)cc(C(=O)N3CCc4cc(OC)c(OC)cc4C3)c2C)cc1. The zero-order valence-corrected chi connectivity index (χ0v) is 18.7. The molecule has 2 heterocycles. The Hall–Kier alpha value is -3.41. The Morgan fingerprint density at radius 3 is 2.13 bits per heavy atom. The van der Waals surface area contributed by atoms with E-state index >= 15 is 0 Å². The summed E-state index contributed by atoms with van der Waals surface area (Å²) in [6, 6.07) is 13.8. The number of aromatic nitrogens is 1. The smallest absolute Gasteiger partial charge is 0.256 e. The van der Waals surface area contributed by atoms with Gasteiger partial charge in [0.1, 0.15) is 5.75 Å². The molecule has 4 rings (SSSR count). The summed E-state index contributed by atoms with van der Waals surface area (Å²) >= 11 is 0. The number of methoxy groups -OCH3 is 3. The number of nitrogens with zero attached hydrogens (tertiary/aromatic N) is 2. The summed E-state index contributed by atoms with van der Waals surface area (Å²) in [4.78, 5) is 15.4. The first-order chi connectivity index (χ1) is 15.0. The highest BCUT2D eigenvalue weighted by Gasteiger charge is 2.26. The third kappa shape index (κ3) is 3.74. The van der Waals surface area contributed by atoms with E-state index in [1.165, 1.54) is 5.56 Å². The van der Waals surface area contributed by atoms with Gasteiger partial charge in [-0.3, -0.25) is 4.79 Å². The molecule has 0 saturated heterocycles. The molecule has 1 aromatic heterocycles. The Morgan fingerprint density at radius 2 is 1.52 bits per heavy atom. The third-order valence-electron chi connectivity index (χ3n) is 6.00. The molecule has 1 aliphatic rings. The summed E-state index contributed by atoms with van der Waals surface area (Å²) < 4.78 is 18.2. The minimum absolute atomic E-state index is 0.0493. The molecular weight excluding hydrogens is 392 g/mol. The lowest BCUT2D eigenvalue weighted by atomic mass is 9.98. The van der Waals surface area contributed by atoms with Crippen molar-refractivity contribution in [3.63, 3.8) is 0 Å². The largest absolute Gasteiger partial charge is 0.497 e. The van der Waals surface area contributed by atoms with Crippen molar-refractivity contribution in [3.8, 4) is 22.9 Å². The maximum atomic E-state index is 13.4. The Kier molecular flexibility index (Phi) is 5.63. The Labute approximate surface area is 183 Å². The van der Waals surface area contributed by atoms with Gasteiger partial charge in [-0.2, -0.15) is 0 Å². The standard InChI is InChI=1S/C25H28N2O4/c1-16-12-22(17(2)27(16)20-6-8-21(29-3)9-7-20)25(28)26-11-10-18-13-23(30-4)24(31-5)14-19(18)15-26/h6-9,12-14H,10-11,15H2,1-5H3. The van der Waals surface area contributed by atoms with Crippen LogP contribution in [0.5, 0.6) is 17.2 Å². The Morgan fingerprint density at radius 1 is 0.871 bits per heavy atom. The van der Waals surface area contributed by atoms with Crippen LogP contribution in [0.25, 0.3) is 5.69 Å². The summed E-state index contributed by atoms with van der Waals surface area (Å²) in [6.45, 7) is 5.25. The summed E-state index contributed by atoms with van der Waals surface area (Å²) in [6.07, 6.45) is 0.790. The molecule has 0 spiro atoms. The van der Waals surface area contributed by atoms with Crippen LogP contribution in [0.15, 0.2) is 42.5 Å². The van der Waals surface area contributed by atoms with Crippen molar-refractivity contribution in [1.29, 1.82) is 0 Å². The van der Waals surface area contributed by atoms with Gasteiger partial charge in [-0.05, 0) is 73.9 Å². The highest BCUT2D eigenvalue weighted by Crippen LogP contribution is 2.34. The van der Waals surface area contributed by atoms with Gasteiger partial charge >= 0.3 is 0 Å². The minimum Gasteiger partial charge on any atom is -0.497 e. The molecule has 6 nitrogen and oxygen atoms in total. The number of carbonyl (C=O) groups excluding carboxylic acids is 1. The van der Waals surface area contributed by atoms with Crippen LogP contribution >= 0.6 is 0 Å². The normalized spacial score (nSPS) is 13.0. The van der Waals surface area contributed by atoms with Crippen molar-refractivity contribution in [2.45, 2.75) is 26.8 Å². The lowest BCUT2D eigenvalue weighted by molar-refractivity contribution is 0.0733. The summed E-state index contributed by atoms with van der Waals surface area (Å²) in [5, 5.41) is 0. The fourth-order valence-corrected chi connectivity index (χ4v) is 4.33. The molecule has 0 aliphatic carbocycles. The van der Waals surface area contributed by atoms with Gasteiger partial charge in [0, 0.05) is 30.2 Å². The first kappa shape index (κ1) is 20.8. The van der Waals surface area contributed by atoms with E-state index in [0.717, 1.165) is 46.1 Å². The zero-order valence-electron chi connectivity index (χ0n) is 18.7. The number of benzene rings is 2. The molecule has 3 aromatic rings. The molecule has 2 aromatic carbocycles. The van der Waals surface area contributed by atoms with Gasteiger partial charge in [0.2, 0.25) is 0 Å². The topological polar surface area (TPSA) is 52.9 Å². The van der Waals surface area contributed by atoms with Crippen molar-refractivity contribution in [1.82, 2.24) is 9.47 Å². The second-order valence-electron chi connectivity index (χ2n) is 7.77. The van der Waals surface area contributed by atoms with E-state index in [2.05, 4.69) is 4.57 Å². The number of rotatable bonds is 5. The van der Waals surface area contributed by atoms with Crippen LogP contribution in [0.2, 0.25) is 0 Å². The second kappa shape index (κ2) is 8.38. The van der Waals surface area contributed by atoms with Crippen LogP contribution in [0.1, 0.15) is 32.9 Å². The van der Waals surface area contributed by atoms with Gasteiger partial charge in [0.15, 0.2) is 11.5 Å². The van der Waals surface area contributed by atoms with Crippen LogP contribution in [0.3, 0.4) is 0 Å².